The number of hydrogen-bond donors (Lipinski definition) is 0. The summed E-state index contributed by atoms with van der Waals surface area (Å²) in [6.07, 6.45) is 5.50. The number of carbonyl (C=O) groups is 1. The first-order valence-corrected chi connectivity index (χ1v) is 8.02. The predicted molar refractivity (Wildman–Crippen MR) is 81.4 cm³/mol. The van der Waals surface area contributed by atoms with Crippen molar-refractivity contribution >= 4 is 5.91 Å². The van der Waals surface area contributed by atoms with E-state index in [1.807, 2.05) is 24.0 Å². The fraction of sp³-hybridized carbons (Fsp3) is 0.562. The number of aromatic nitrogens is 3. The van der Waals surface area contributed by atoms with E-state index in [1.165, 1.54) is 0 Å². The number of hydrogen-bond acceptors (Lipinski definition) is 4. The van der Waals surface area contributed by atoms with Gasteiger partial charge in [0, 0.05) is 19.5 Å². The predicted octanol–water partition coefficient (Wildman–Crippen LogP) is 2.82. The third kappa shape index (κ3) is 2.65. The van der Waals surface area contributed by atoms with E-state index in [9.17, 15) is 4.79 Å². The summed E-state index contributed by atoms with van der Waals surface area (Å²) in [4.78, 5) is 14.8. The molecule has 3 rings (SSSR count). The number of aryl methyl sites for hydroxylation is 2. The largest absolute Gasteiger partial charge is 0.464 e. The summed E-state index contributed by atoms with van der Waals surface area (Å²) < 4.78 is 7.54. The molecule has 1 unspecified atom stereocenters. The minimum Gasteiger partial charge on any atom is -0.464 e. The van der Waals surface area contributed by atoms with Gasteiger partial charge < -0.3 is 9.32 Å². The Morgan fingerprint density at radius 1 is 1.36 bits per heavy atom. The highest BCUT2D eigenvalue weighted by atomic mass is 16.3. The van der Waals surface area contributed by atoms with E-state index < -0.39 is 0 Å². The third-order valence-electron chi connectivity index (χ3n) is 4.26. The van der Waals surface area contributed by atoms with Gasteiger partial charge in [-0.15, -0.1) is 5.10 Å². The number of likely N-dealkylation sites (tertiary alicyclic amines) is 1. The fourth-order valence-corrected chi connectivity index (χ4v) is 3.04. The Morgan fingerprint density at radius 3 is 2.95 bits per heavy atom. The minimum atomic E-state index is -0.00833. The SMILES string of the molecule is CCc1ccc(C2CCCCN2C(=O)c2cnnn2CC)o1. The van der Waals surface area contributed by atoms with Gasteiger partial charge in [0.2, 0.25) is 0 Å². The summed E-state index contributed by atoms with van der Waals surface area (Å²) in [5, 5.41) is 7.83. The summed E-state index contributed by atoms with van der Waals surface area (Å²) in [7, 11) is 0. The van der Waals surface area contributed by atoms with E-state index in [2.05, 4.69) is 17.2 Å². The number of rotatable bonds is 4. The Hall–Kier alpha value is -2.11. The van der Waals surface area contributed by atoms with Gasteiger partial charge in [-0.3, -0.25) is 4.79 Å². The molecule has 22 heavy (non-hydrogen) atoms. The number of amides is 1. The first-order valence-electron chi connectivity index (χ1n) is 8.02. The molecule has 0 aromatic carbocycles. The second-order valence-corrected chi connectivity index (χ2v) is 5.60. The fourth-order valence-electron chi connectivity index (χ4n) is 3.04. The molecule has 6 nitrogen and oxygen atoms in total. The molecule has 0 spiro atoms. The van der Waals surface area contributed by atoms with E-state index in [0.717, 1.165) is 43.7 Å². The Bertz CT molecular complexity index is 646. The van der Waals surface area contributed by atoms with Crippen LogP contribution >= 0.6 is 0 Å². The maximum absolute atomic E-state index is 12.9. The van der Waals surface area contributed by atoms with Gasteiger partial charge in [0.1, 0.15) is 17.2 Å². The van der Waals surface area contributed by atoms with Gasteiger partial charge in [0.15, 0.2) is 0 Å². The molecule has 118 valence electrons. The molecule has 0 radical (unpaired) electrons. The van der Waals surface area contributed by atoms with E-state index in [1.54, 1.807) is 10.9 Å². The van der Waals surface area contributed by atoms with Crippen molar-refractivity contribution in [3.8, 4) is 0 Å². The highest BCUT2D eigenvalue weighted by Crippen LogP contribution is 2.33. The molecule has 1 saturated heterocycles. The van der Waals surface area contributed by atoms with Crippen molar-refractivity contribution in [3.63, 3.8) is 0 Å². The van der Waals surface area contributed by atoms with Crippen LogP contribution in [0, 0.1) is 0 Å². The number of nitrogens with zero attached hydrogens (tertiary/aromatic N) is 4. The van der Waals surface area contributed by atoms with Gasteiger partial charge in [-0.2, -0.15) is 0 Å². The molecule has 0 saturated carbocycles. The molecular formula is C16H22N4O2. The summed E-state index contributed by atoms with van der Waals surface area (Å²) in [6.45, 7) is 5.41. The number of furan rings is 1. The summed E-state index contributed by atoms with van der Waals surface area (Å²) in [5.41, 5.74) is 0.552. The Labute approximate surface area is 130 Å². The summed E-state index contributed by atoms with van der Waals surface area (Å²) in [5.74, 6) is 1.85. The van der Waals surface area contributed by atoms with Crippen LogP contribution in [-0.4, -0.2) is 32.3 Å². The summed E-state index contributed by atoms with van der Waals surface area (Å²) >= 11 is 0. The average molecular weight is 302 g/mol. The first kappa shape index (κ1) is 14.8. The van der Waals surface area contributed by atoms with Crippen LogP contribution in [0.1, 0.15) is 61.2 Å². The zero-order valence-corrected chi connectivity index (χ0v) is 13.2. The van der Waals surface area contributed by atoms with Crippen LogP contribution in [0.15, 0.2) is 22.7 Å². The molecule has 3 heterocycles. The van der Waals surface area contributed by atoms with E-state index in [-0.39, 0.29) is 11.9 Å². The van der Waals surface area contributed by atoms with Crippen molar-refractivity contribution in [2.75, 3.05) is 6.54 Å². The minimum absolute atomic E-state index is 0.00833. The van der Waals surface area contributed by atoms with Crippen LogP contribution < -0.4 is 0 Å². The third-order valence-corrected chi connectivity index (χ3v) is 4.26. The zero-order valence-electron chi connectivity index (χ0n) is 13.2. The van der Waals surface area contributed by atoms with Crippen LogP contribution in [-0.2, 0) is 13.0 Å². The quantitative estimate of drug-likeness (QED) is 0.871. The second-order valence-electron chi connectivity index (χ2n) is 5.60. The molecule has 1 amide bonds. The standard InChI is InChI=1S/C16H22N4O2/c1-3-12-8-9-15(22-12)13-7-5-6-10-19(13)16(21)14-11-17-18-20(14)4-2/h8-9,11,13H,3-7,10H2,1-2H3. The van der Waals surface area contributed by atoms with Gasteiger partial charge >= 0.3 is 0 Å². The van der Waals surface area contributed by atoms with E-state index in [0.29, 0.717) is 12.2 Å². The Morgan fingerprint density at radius 2 is 2.23 bits per heavy atom. The average Bonchev–Trinajstić information content (AvgIpc) is 3.22. The van der Waals surface area contributed by atoms with Crippen LogP contribution in [0.2, 0.25) is 0 Å². The van der Waals surface area contributed by atoms with Crippen molar-refractivity contribution in [1.29, 1.82) is 0 Å². The molecule has 1 aliphatic heterocycles. The highest BCUT2D eigenvalue weighted by Gasteiger charge is 2.32. The number of carbonyl (C=O) groups excluding carboxylic acids is 1. The van der Waals surface area contributed by atoms with Crippen LogP contribution in [0.5, 0.6) is 0 Å². The second kappa shape index (κ2) is 6.34. The molecule has 2 aromatic heterocycles. The van der Waals surface area contributed by atoms with Crippen molar-refractivity contribution in [2.45, 2.75) is 52.1 Å². The molecule has 6 heteroatoms. The van der Waals surface area contributed by atoms with Crippen LogP contribution in [0.4, 0.5) is 0 Å². The smallest absolute Gasteiger partial charge is 0.274 e. The molecule has 0 bridgehead atoms. The van der Waals surface area contributed by atoms with E-state index >= 15 is 0 Å². The maximum Gasteiger partial charge on any atom is 0.274 e. The highest BCUT2D eigenvalue weighted by molar-refractivity contribution is 5.92. The van der Waals surface area contributed by atoms with Crippen LogP contribution in [0.3, 0.4) is 0 Å². The molecule has 1 atom stereocenters. The monoisotopic (exact) mass is 302 g/mol. The molecule has 1 fully saturated rings. The van der Waals surface area contributed by atoms with Crippen molar-refractivity contribution in [1.82, 2.24) is 19.9 Å². The number of piperidine rings is 1. The summed E-state index contributed by atoms with van der Waals surface area (Å²) in [6, 6.07) is 4.02. The van der Waals surface area contributed by atoms with E-state index in [4.69, 9.17) is 4.42 Å². The lowest BCUT2D eigenvalue weighted by Gasteiger charge is -2.34. The van der Waals surface area contributed by atoms with Crippen LogP contribution in [0.25, 0.3) is 0 Å². The van der Waals surface area contributed by atoms with Crippen molar-refractivity contribution in [2.24, 2.45) is 0 Å². The lowest BCUT2D eigenvalue weighted by molar-refractivity contribution is 0.0566. The molecule has 1 aliphatic rings. The van der Waals surface area contributed by atoms with Gasteiger partial charge in [0.05, 0.1) is 12.2 Å². The molecular weight excluding hydrogens is 280 g/mol. The van der Waals surface area contributed by atoms with Crippen molar-refractivity contribution < 1.29 is 9.21 Å². The normalized spacial score (nSPS) is 18.6. The molecule has 0 N–H and O–H groups in total. The van der Waals surface area contributed by atoms with Gasteiger partial charge in [-0.1, -0.05) is 12.1 Å². The zero-order chi connectivity index (χ0) is 15.5. The van der Waals surface area contributed by atoms with Crippen molar-refractivity contribution in [3.05, 3.63) is 35.5 Å². The molecule has 2 aromatic rings. The Balaban J connectivity index is 1.87. The lowest BCUT2D eigenvalue weighted by Crippen LogP contribution is -2.39. The molecule has 0 aliphatic carbocycles. The van der Waals surface area contributed by atoms with Gasteiger partial charge in [-0.25, -0.2) is 4.68 Å². The topological polar surface area (TPSA) is 64.2 Å². The first-order chi connectivity index (χ1) is 10.7. The van der Waals surface area contributed by atoms with Gasteiger partial charge in [0.25, 0.3) is 5.91 Å². The maximum atomic E-state index is 12.9. The lowest BCUT2D eigenvalue weighted by atomic mass is 9.99. The van der Waals surface area contributed by atoms with Gasteiger partial charge in [-0.05, 0) is 38.3 Å². The Kier molecular flexibility index (Phi) is 4.27.